The highest BCUT2D eigenvalue weighted by Crippen LogP contribution is 2.21. The number of hydrogen-bond donors (Lipinski definition) is 2. The molecule has 0 aliphatic heterocycles. The van der Waals surface area contributed by atoms with Crippen LogP contribution in [0, 0.1) is 0 Å². The van der Waals surface area contributed by atoms with Gasteiger partial charge in [-0.15, -0.1) is 0 Å². The van der Waals surface area contributed by atoms with Crippen molar-refractivity contribution in [3.63, 3.8) is 0 Å². The Morgan fingerprint density at radius 1 is 0.689 bits per heavy atom. The third-order valence-corrected chi connectivity index (χ3v) is 8.01. The summed E-state index contributed by atoms with van der Waals surface area (Å²) in [7, 11) is -7.81. The van der Waals surface area contributed by atoms with Crippen molar-refractivity contribution in [1.82, 2.24) is 44.2 Å². The first-order valence-corrected chi connectivity index (χ1v) is 15.9. The van der Waals surface area contributed by atoms with Gasteiger partial charge < -0.3 is 0 Å². The molecule has 15 nitrogen and oxygen atoms in total. The Hall–Kier alpha value is -5.65. The van der Waals surface area contributed by atoms with Crippen LogP contribution in [0.5, 0.6) is 0 Å². The van der Waals surface area contributed by atoms with Gasteiger partial charge in [0.05, 0.1) is 47.6 Å². The monoisotopic (exact) mass is 644 g/mol. The highest BCUT2D eigenvalue weighted by Gasteiger charge is 2.18. The van der Waals surface area contributed by atoms with E-state index < -0.39 is 26.0 Å². The van der Waals surface area contributed by atoms with Gasteiger partial charge in [0.15, 0.2) is 10.1 Å². The molecule has 6 heterocycles. The third-order valence-electron chi connectivity index (χ3n) is 5.87. The summed E-state index contributed by atoms with van der Waals surface area (Å²) in [5.41, 5.74) is 3.80. The maximum atomic E-state index is 12.0. The van der Waals surface area contributed by atoms with Crippen LogP contribution in [0.2, 0.25) is 0 Å². The largest absolute Gasteiger partial charge is 0.281 e. The molecule has 0 saturated carbocycles. The molecule has 3 N–H and O–H groups in total. The average Bonchev–Trinajstić information content (AvgIpc) is 3.73. The number of sulfonamides is 2. The Bertz CT molecular complexity index is 2170. The fourth-order valence-electron chi connectivity index (χ4n) is 3.87. The Labute approximate surface area is 257 Å². The van der Waals surface area contributed by atoms with Gasteiger partial charge in [-0.1, -0.05) is 12.1 Å². The molecule has 0 aromatic carbocycles. The summed E-state index contributed by atoms with van der Waals surface area (Å²) in [5, 5.41) is 13.1. The lowest BCUT2D eigenvalue weighted by Gasteiger charge is -2.05. The number of hydrogen-bond acceptors (Lipinski definition) is 11. The number of carbonyl (C=O) groups excluding carboxylic acids is 1. The number of rotatable bonds is 7. The minimum absolute atomic E-state index is 0.172. The molecule has 17 heteroatoms. The van der Waals surface area contributed by atoms with Gasteiger partial charge in [0, 0.05) is 42.8 Å². The van der Waals surface area contributed by atoms with Gasteiger partial charge in [0.25, 0.3) is 20.0 Å². The van der Waals surface area contributed by atoms with Crippen LogP contribution in [0.15, 0.2) is 120 Å². The molecule has 0 aliphatic carbocycles. The molecule has 6 aromatic rings. The van der Waals surface area contributed by atoms with E-state index in [1.807, 2.05) is 16.9 Å². The predicted octanol–water partition coefficient (Wildman–Crippen LogP) is 2.13. The second kappa shape index (κ2) is 12.9. The van der Waals surface area contributed by atoms with Crippen LogP contribution in [0.3, 0.4) is 0 Å². The van der Waals surface area contributed by atoms with E-state index in [1.165, 1.54) is 12.1 Å². The van der Waals surface area contributed by atoms with Crippen molar-refractivity contribution in [2.24, 2.45) is 5.14 Å². The first kappa shape index (κ1) is 30.8. The van der Waals surface area contributed by atoms with Gasteiger partial charge in [0.2, 0.25) is 5.91 Å². The van der Waals surface area contributed by atoms with Crippen LogP contribution in [-0.4, -0.2) is 62.2 Å². The first-order valence-electron chi connectivity index (χ1n) is 12.9. The van der Waals surface area contributed by atoms with Crippen LogP contribution in [0.1, 0.15) is 6.92 Å². The summed E-state index contributed by atoms with van der Waals surface area (Å²) in [4.78, 5) is 27.2. The maximum absolute atomic E-state index is 12.0. The van der Waals surface area contributed by atoms with Crippen molar-refractivity contribution in [2.75, 3.05) is 0 Å². The lowest BCUT2D eigenvalue weighted by atomic mass is 10.2. The summed E-state index contributed by atoms with van der Waals surface area (Å²) in [6, 6.07) is 16.5. The quantitative estimate of drug-likeness (QED) is 0.257. The summed E-state index contributed by atoms with van der Waals surface area (Å²) < 4.78 is 51.8. The topological polar surface area (TPSA) is 211 Å². The summed E-state index contributed by atoms with van der Waals surface area (Å²) in [6.45, 7) is 1.12. The summed E-state index contributed by atoms with van der Waals surface area (Å²) in [6.07, 6.45) is 13.3. The molecule has 0 fully saturated rings. The molecule has 0 unspecified atom stereocenters. The van der Waals surface area contributed by atoms with Crippen molar-refractivity contribution in [3.05, 3.63) is 110 Å². The second-order valence-electron chi connectivity index (χ2n) is 9.20. The number of primary sulfonamides is 1. The van der Waals surface area contributed by atoms with Gasteiger partial charge >= 0.3 is 0 Å². The van der Waals surface area contributed by atoms with Crippen LogP contribution in [0.4, 0.5) is 0 Å². The van der Waals surface area contributed by atoms with Gasteiger partial charge in [-0.3, -0.25) is 14.8 Å². The van der Waals surface area contributed by atoms with E-state index in [4.69, 9.17) is 5.14 Å². The summed E-state index contributed by atoms with van der Waals surface area (Å²) in [5.74, 6) is -0.674. The summed E-state index contributed by atoms with van der Waals surface area (Å²) >= 11 is 0. The van der Waals surface area contributed by atoms with Gasteiger partial charge in [-0.2, -0.15) is 18.6 Å². The van der Waals surface area contributed by atoms with Gasteiger partial charge in [-0.25, -0.2) is 37.6 Å². The number of aromatic nitrogens is 8. The fourth-order valence-corrected chi connectivity index (χ4v) is 5.33. The zero-order valence-electron chi connectivity index (χ0n) is 23.4. The number of pyridine rings is 4. The van der Waals surface area contributed by atoms with Crippen LogP contribution < -0.4 is 9.86 Å². The molecule has 0 spiro atoms. The fraction of sp³-hybridized carbons (Fsp3) is 0.0357. The normalized spacial score (nSPS) is 11.3. The molecule has 6 aromatic heterocycles. The predicted molar refractivity (Wildman–Crippen MR) is 162 cm³/mol. The Balaban J connectivity index is 0.000000179. The van der Waals surface area contributed by atoms with Crippen molar-refractivity contribution in [2.45, 2.75) is 17.0 Å². The Morgan fingerprint density at radius 3 is 1.62 bits per heavy atom. The molecule has 0 atom stereocenters. The van der Waals surface area contributed by atoms with E-state index in [2.05, 4.69) is 30.1 Å². The lowest BCUT2D eigenvalue weighted by Crippen LogP contribution is -2.28. The molecule has 0 saturated heterocycles. The third kappa shape index (κ3) is 7.66. The van der Waals surface area contributed by atoms with Crippen LogP contribution >= 0.6 is 0 Å². The van der Waals surface area contributed by atoms with E-state index in [0.717, 1.165) is 18.3 Å². The zero-order valence-corrected chi connectivity index (χ0v) is 25.0. The standard InChI is InChI=1S/C15H13N5O3S.C13H11N5O2S/c1-11(21)19-24(22,23)15-6-2-5-14(18-15)12-8-17-20(10-12)13-4-3-7-16-9-13;14-21(19,20)13-5-1-4-12(17-13)10-7-16-18(9-10)11-3-2-6-15-8-11/h2-10H,1H3,(H,19,21);1-9H,(H2,14,19,20). The molecular weight excluding hydrogens is 621 g/mol. The number of carbonyl (C=O) groups is 1. The van der Waals surface area contributed by atoms with E-state index in [1.54, 1.807) is 95.3 Å². The maximum Gasteiger partial charge on any atom is 0.281 e. The van der Waals surface area contributed by atoms with Gasteiger partial charge in [0.1, 0.15) is 0 Å². The SMILES string of the molecule is CC(=O)NS(=O)(=O)c1cccc(-c2cnn(-c3cccnc3)c2)n1.NS(=O)(=O)c1cccc(-c2cnn(-c3cccnc3)c2)n1. The molecular formula is C28H24N10O5S2. The highest BCUT2D eigenvalue weighted by atomic mass is 32.2. The number of nitrogens with zero attached hydrogens (tertiary/aromatic N) is 8. The molecule has 0 radical (unpaired) electrons. The molecule has 0 bridgehead atoms. The van der Waals surface area contributed by atoms with E-state index >= 15 is 0 Å². The van der Waals surface area contributed by atoms with E-state index in [9.17, 15) is 21.6 Å². The molecule has 45 heavy (non-hydrogen) atoms. The number of nitrogens with one attached hydrogen (secondary N) is 1. The Kier molecular flexibility index (Phi) is 8.84. The van der Waals surface area contributed by atoms with E-state index in [0.29, 0.717) is 22.5 Å². The van der Waals surface area contributed by atoms with Crippen molar-refractivity contribution < 1.29 is 21.6 Å². The number of amides is 1. The lowest BCUT2D eigenvalue weighted by molar-refractivity contribution is -0.117. The molecule has 1 amide bonds. The minimum atomic E-state index is -3.98. The second-order valence-corrected chi connectivity index (χ2v) is 12.3. The molecule has 6 rings (SSSR count). The minimum Gasteiger partial charge on any atom is -0.274 e. The molecule has 228 valence electrons. The van der Waals surface area contributed by atoms with Gasteiger partial charge in [-0.05, 0) is 48.5 Å². The smallest absolute Gasteiger partial charge is 0.274 e. The van der Waals surface area contributed by atoms with Crippen molar-refractivity contribution in [1.29, 1.82) is 0 Å². The highest BCUT2D eigenvalue weighted by molar-refractivity contribution is 7.90. The van der Waals surface area contributed by atoms with Crippen molar-refractivity contribution >= 4 is 26.0 Å². The average molecular weight is 645 g/mol. The number of nitrogens with two attached hydrogens (primary N) is 1. The van der Waals surface area contributed by atoms with Crippen LogP contribution in [0.25, 0.3) is 33.9 Å². The van der Waals surface area contributed by atoms with E-state index in [-0.39, 0.29) is 10.1 Å². The Morgan fingerprint density at radius 2 is 1.18 bits per heavy atom. The first-order chi connectivity index (χ1) is 21.5. The van der Waals surface area contributed by atoms with Crippen LogP contribution in [-0.2, 0) is 24.8 Å². The van der Waals surface area contributed by atoms with Crippen molar-refractivity contribution in [3.8, 4) is 33.9 Å². The molecule has 0 aliphatic rings. The zero-order chi connectivity index (χ0) is 32.0.